The highest BCUT2D eigenvalue weighted by molar-refractivity contribution is 7.89. The van der Waals surface area contributed by atoms with Crippen molar-refractivity contribution in [1.29, 1.82) is 0 Å². The molecular formula is C15H24N2O3S. The Balaban J connectivity index is 2.27. The summed E-state index contributed by atoms with van der Waals surface area (Å²) in [4.78, 5) is 0.304. The second-order valence-corrected chi connectivity index (χ2v) is 7.33. The van der Waals surface area contributed by atoms with E-state index in [-0.39, 0.29) is 6.04 Å². The lowest BCUT2D eigenvalue weighted by Gasteiger charge is -2.38. The molecule has 0 saturated carbocycles. The minimum Gasteiger partial charge on any atom is -0.494 e. The lowest BCUT2D eigenvalue weighted by molar-refractivity contribution is 0.192. The molecule has 1 aliphatic rings. The molecule has 5 nitrogen and oxygen atoms in total. The van der Waals surface area contributed by atoms with Crippen LogP contribution in [0.4, 0.5) is 0 Å². The summed E-state index contributed by atoms with van der Waals surface area (Å²) >= 11 is 0. The van der Waals surface area contributed by atoms with Crippen LogP contribution in [0.3, 0.4) is 0 Å². The first-order valence-corrected chi connectivity index (χ1v) is 8.89. The highest BCUT2D eigenvalue weighted by Crippen LogP contribution is 2.29. The highest BCUT2D eigenvalue weighted by atomic mass is 32.2. The lowest BCUT2D eigenvalue weighted by atomic mass is 9.93. The smallest absolute Gasteiger partial charge is 0.243 e. The van der Waals surface area contributed by atoms with Crippen LogP contribution in [0.2, 0.25) is 0 Å². The molecule has 1 aliphatic heterocycles. The largest absolute Gasteiger partial charge is 0.494 e. The van der Waals surface area contributed by atoms with Gasteiger partial charge < -0.3 is 10.5 Å². The van der Waals surface area contributed by atoms with E-state index in [2.05, 4.69) is 6.92 Å². The summed E-state index contributed by atoms with van der Waals surface area (Å²) in [5.41, 5.74) is 5.80. The Morgan fingerprint density at radius 3 is 2.57 bits per heavy atom. The van der Waals surface area contributed by atoms with Gasteiger partial charge in [-0.1, -0.05) is 6.92 Å². The summed E-state index contributed by atoms with van der Waals surface area (Å²) in [6.07, 6.45) is 1.91. The Kier molecular flexibility index (Phi) is 5.24. The molecule has 1 saturated heterocycles. The molecule has 118 valence electrons. The van der Waals surface area contributed by atoms with E-state index in [9.17, 15) is 8.42 Å². The van der Waals surface area contributed by atoms with E-state index in [0.717, 1.165) is 12.8 Å². The van der Waals surface area contributed by atoms with Crippen LogP contribution in [-0.2, 0) is 10.0 Å². The molecule has 0 bridgehead atoms. The van der Waals surface area contributed by atoms with Crippen LogP contribution in [0.5, 0.6) is 5.75 Å². The van der Waals surface area contributed by atoms with Crippen LogP contribution < -0.4 is 10.5 Å². The Morgan fingerprint density at radius 2 is 2.00 bits per heavy atom. The molecule has 21 heavy (non-hydrogen) atoms. The van der Waals surface area contributed by atoms with Crippen LogP contribution in [0.1, 0.15) is 26.7 Å². The van der Waals surface area contributed by atoms with Crippen molar-refractivity contribution >= 4 is 10.0 Å². The van der Waals surface area contributed by atoms with E-state index in [1.165, 1.54) is 0 Å². The maximum absolute atomic E-state index is 12.8. The lowest BCUT2D eigenvalue weighted by Crippen LogP contribution is -2.51. The number of ether oxygens (including phenoxy) is 1. The summed E-state index contributed by atoms with van der Waals surface area (Å²) in [6, 6.07) is 6.48. The Hall–Kier alpha value is -1.11. The Labute approximate surface area is 127 Å². The number of hydrogen-bond acceptors (Lipinski definition) is 4. The number of hydrogen-bond donors (Lipinski definition) is 1. The fourth-order valence-corrected chi connectivity index (χ4v) is 4.64. The molecule has 2 unspecified atom stereocenters. The fraction of sp³-hybridized carbons (Fsp3) is 0.600. The van der Waals surface area contributed by atoms with Gasteiger partial charge >= 0.3 is 0 Å². The zero-order valence-electron chi connectivity index (χ0n) is 12.7. The molecule has 2 rings (SSSR count). The number of benzene rings is 1. The molecule has 0 spiro atoms. The zero-order chi connectivity index (χ0) is 15.5. The molecule has 2 atom stereocenters. The van der Waals surface area contributed by atoms with Crippen molar-refractivity contribution in [2.45, 2.75) is 37.6 Å². The molecule has 0 aliphatic carbocycles. The monoisotopic (exact) mass is 312 g/mol. The third kappa shape index (κ3) is 3.39. The number of rotatable bonds is 5. The molecule has 1 aromatic rings. The van der Waals surface area contributed by atoms with Crippen molar-refractivity contribution in [3.05, 3.63) is 24.3 Å². The first-order chi connectivity index (χ1) is 10.0. The summed E-state index contributed by atoms with van der Waals surface area (Å²) < 4.78 is 32.5. The van der Waals surface area contributed by atoms with Gasteiger partial charge in [0.05, 0.1) is 11.5 Å². The first kappa shape index (κ1) is 16.3. The predicted octanol–water partition coefficient (Wildman–Crippen LogP) is 1.83. The molecule has 0 radical (unpaired) electrons. The third-order valence-corrected chi connectivity index (χ3v) is 5.99. The average molecular weight is 312 g/mol. The standard InChI is InChI=1S/C15H24N2O3S/c1-3-20-13-6-8-14(9-7-13)21(18,19)17-10-4-5-12(2)15(17)11-16/h6-9,12,15H,3-5,10-11,16H2,1-2H3. The van der Waals surface area contributed by atoms with Crippen LogP contribution in [0.15, 0.2) is 29.2 Å². The van der Waals surface area contributed by atoms with Gasteiger partial charge in [0.2, 0.25) is 10.0 Å². The molecule has 1 aromatic carbocycles. The van der Waals surface area contributed by atoms with Gasteiger partial charge in [-0.15, -0.1) is 0 Å². The molecule has 1 heterocycles. The zero-order valence-corrected chi connectivity index (χ0v) is 13.5. The second-order valence-electron chi connectivity index (χ2n) is 5.44. The maximum Gasteiger partial charge on any atom is 0.243 e. The first-order valence-electron chi connectivity index (χ1n) is 7.45. The van der Waals surface area contributed by atoms with Crippen LogP contribution in [0.25, 0.3) is 0 Å². The van der Waals surface area contributed by atoms with E-state index in [4.69, 9.17) is 10.5 Å². The molecule has 0 amide bonds. The number of piperidine rings is 1. The molecule has 2 N–H and O–H groups in total. The van der Waals surface area contributed by atoms with E-state index in [0.29, 0.717) is 36.3 Å². The minimum atomic E-state index is -3.49. The van der Waals surface area contributed by atoms with E-state index in [1.54, 1.807) is 28.6 Å². The third-order valence-electron chi connectivity index (χ3n) is 4.05. The minimum absolute atomic E-state index is 0.115. The van der Waals surface area contributed by atoms with Gasteiger partial charge in [-0.25, -0.2) is 8.42 Å². The normalized spacial score (nSPS) is 24.0. The van der Waals surface area contributed by atoms with Gasteiger partial charge in [0.15, 0.2) is 0 Å². The molecule has 1 fully saturated rings. The maximum atomic E-state index is 12.8. The summed E-state index contributed by atoms with van der Waals surface area (Å²) in [7, 11) is -3.49. The van der Waals surface area contributed by atoms with Gasteiger partial charge in [0, 0.05) is 19.1 Å². The summed E-state index contributed by atoms with van der Waals surface area (Å²) in [5, 5.41) is 0. The fourth-order valence-electron chi connectivity index (χ4n) is 2.87. The number of sulfonamides is 1. The number of nitrogens with zero attached hydrogens (tertiary/aromatic N) is 1. The van der Waals surface area contributed by atoms with Crippen molar-refractivity contribution in [1.82, 2.24) is 4.31 Å². The van der Waals surface area contributed by atoms with Crippen molar-refractivity contribution < 1.29 is 13.2 Å². The second kappa shape index (κ2) is 6.77. The predicted molar refractivity (Wildman–Crippen MR) is 82.7 cm³/mol. The van der Waals surface area contributed by atoms with E-state index < -0.39 is 10.0 Å². The van der Waals surface area contributed by atoms with Crippen LogP contribution in [0, 0.1) is 5.92 Å². The summed E-state index contributed by atoms with van der Waals surface area (Å²) in [6.45, 7) is 5.42. The quantitative estimate of drug-likeness (QED) is 0.900. The van der Waals surface area contributed by atoms with E-state index in [1.807, 2.05) is 6.92 Å². The molecular weight excluding hydrogens is 288 g/mol. The van der Waals surface area contributed by atoms with Crippen LogP contribution >= 0.6 is 0 Å². The van der Waals surface area contributed by atoms with Gasteiger partial charge in [-0.3, -0.25) is 0 Å². The van der Waals surface area contributed by atoms with Gasteiger partial charge in [0.1, 0.15) is 5.75 Å². The van der Waals surface area contributed by atoms with Crippen LogP contribution in [-0.4, -0.2) is 38.5 Å². The SMILES string of the molecule is CCOc1ccc(S(=O)(=O)N2CCCC(C)C2CN)cc1. The van der Waals surface area contributed by atoms with Gasteiger partial charge in [0.25, 0.3) is 0 Å². The average Bonchev–Trinajstić information content (AvgIpc) is 2.48. The van der Waals surface area contributed by atoms with Crippen molar-refractivity contribution in [3.63, 3.8) is 0 Å². The van der Waals surface area contributed by atoms with Crippen molar-refractivity contribution in [2.24, 2.45) is 11.7 Å². The molecule has 0 aromatic heterocycles. The van der Waals surface area contributed by atoms with Gasteiger partial charge in [-0.2, -0.15) is 4.31 Å². The number of nitrogens with two attached hydrogens (primary N) is 1. The topological polar surface area (TPSA) is 72.6 Å². The Morgan fingerprint density at radius 1 is 1.33 bits per heavy atom. The van der Waals surface area contributed by atoms with Crippen molar-refractivity contribution in [2.75, 3.05) is 19.7 Å². The Bertz CT molecular complexity index is 557. The van der Waals surface area contributed by atoms with Crippen molar-refractivity contribution in [3.8, 4) is 5.75 Å². The van der Waals surface area contributed by atoms with Gasteiger partial charge in [-0.05, 0) is 49.9 Å². The summed E-state index contributed by atoms with van der Waals surface area (Å²) in [5.74, 6) is 0.972. The molecule has 6 heteroatoms. The van der Waals surface area contributed by atoms with E-state index >= 15 is 0 Å². The highest BCUT2D eigenvalue weighted by Gasteiger charge is 2.36.